The number of carboxylic acid groups (broad SMARTS) is 1. The molecule has 0 unspecified atom stereocenters. The van der Waals surface area contributed by atoms with E-state index in [0.717, 1.165) is 12.1 Å². The monoisotopic (exact) mass is 564 g/mol. The molecule has 0 aliphatic carbocycles. The van der Waals surface area contributed by atoms with Crippen LogP contribution < -0.4 is 10.1 Å². The number of nitrogens with zero attached hydrogens (tertiary/aromatic N) is 1. The SMILES string of the molecule is CC(C)(C)OC(=O)N[C@H](Cc1cccc(-n2c(C(=O)O)cc3ccc(OC(F)(F)F)cc32)c1)C(=O)OC(C)(C)C. The smallest absolute Gasteiger partial charge is 0.477 e. The number of aromatic nitrogens is 1. The van der Waals surface area contributed by atoms with Gasteiger partial charge in [0.25, 0.3) is 0 Å². The zero-order chi connectivity index (χ0) is 30.0. The van der Waals surface area contributed by atoms with E-state index in [2.05, 4.69) is 10.1 Å². The lowest BCUT2D eigenvalue weighted by Gasteiger charge is -2.26. The number of hydrogen-bond donors (Lipinski definition) is 2. The first-order valence-corrected chi connectivity index (χ1v) is 12.3. The van der Waals surface area contributed by atoms with Crippen LogP contribution in [-0.4, -0.2) is 51.3 Å². The molecule has 2 N–H and O–H groups in total. The van der Waals surface area contributed by atoms with Gasteiger partial charge in [0.15, 0.2) is 0 Å². The van der Waals surface area contributed by atoms with Crippen LogP contribution in [-0.2, 0) is 20.7 Å². The Labute approximate surface area is 228 Å². The van der Waals surface area contributed by atoms with E-state index in [0.29, 0.717) is 16.6 Å². The number of amides is 1. The van der Waals surface area contributed by atoms with Crippen molar-refractivity contribution in [3.8, 4) is 11.4 Å². The maximum atomic E-state index is 13.0. The third kappa shape index (κ3) is 8.39. The summed E-state index contributed by atoms with van der Waals surface area (Å²) >= 11 is 0. The molecule has 0 saturated carbocycles. The Balaban J connectivity index is 2.03. The second-order valence-electron chi connectivity index (χ2n) is 11.0. The zero-order valence-electron chi connectivity index (χ0n) is 22.9. The molecule has 1 atom stereocenters. The fourth-order valence-corrected chi connectivity index (χ4v) is 3.89. The van der Waals surface area contributed by atoms with Crippen LogP contribution in [0.3, 0.4) is 0 Å². The predicted molar refractivity (Wildman–Crippen MR) is 140 cm³/mol. The Bertz CT molecular complexity index is 1420. The van der Waals surface area contributed by atoms with E-state index in [4.69, 9.17) is 9.47 Å². The molecule has 12 heteroatoms. The first kappa shape index (κ1) is 30.3. The number of nitrogens with one attached hydrogen (secondary N) is 1. The number of alkyl halides is 3. The van der Waals surface area contributed by atoms with Crippen LogP contribution in [0.2, 0.25) is 0 Å². The number of aromatic carboxylic acids is 1. The van der Waals surface area contributed by atoms with E-state index in [1.165, 1.54) is 16.7 Å². The van der Waals surface area contributed by atoms with E-state index in [9.17, 15) is 32.7 Å². The van der Waals surface area contributed by atoms with Gasteiger partial charge in [-0.15, -0.1) is 13.2 Å². The fourth-order valence-electron chi connectivity index (χ4n) is 3.89. The van der Waals surface area contributed by atoms with Gasteiger partial charge in [-0.3, -0.25) is 0 Å². The highest BCUT2D eigenvalue weighted by atomic mass is 19.4. The molecule has 1 amide bonds. The molecule has 0 bridgehead atoms. The van der Waals surface area contributed by atoms with Gasteiger partial charge in [0.2, 0.25) is 0 Å². The van der Waals surface area contributed by atoms with Crippen molar-refractivity contribution in [1.82, 2.24) is 9.88 Å². The number of ether oxygens (including phenoxy) is 3. The second kappa shape index (κ2) is 11.1. The number of carbonyl (C=O) groups excluding carboxylic acids is 2. The number of fused-ring (bicyclic) bond motifs is 1. The molecular formula is C28H31F3N2O7. The normalized spacial score (nSPS) is 13.0. The number of rotatable bonds is 7. The van der Waals surface area contributed by atoms with Gasteiger partial charge in [0, 0.05) is 23.6 Å². The molecule has 0 fully saturated rings. The summed E-state index contributed by atoms with van der Waals surface area (Å²) in [7, 11) is 0. The topological polar surface area (TPSA) is 116 Å². The Morgan fingerprint density at radius 3 is 2.15 bits per heavy atom. The van der Waals surface area contributed by atoms with Gasteiger partial charge in [0.05, 0.1) is 5.52 Å². The number of halogens is 3. The lowest BCUT2D eigenvalue weighted by molar-refractivity contribution is -0.274. The van der Waals surface area contributed by atoms with Crippen LogP contribution in [0.1, 0.15) is 57.6 Å². The first-order valence-electron chi connectivity index (χ1n) is 12.3. The van der Waals surface area contributed by atoms with Crippen molar-refractivity contribution < 1.29 is 46.9 Å². The molecule has 0 saturated heterocycles. The van der Waals surface area contributed by atoms with Gasteiger partial charge in [-0.1, -0.05) is 12.1 Å². The van der Waals surface area contributed by atoms with Crippen molar-refractivity contribution in [1.29, 1.82) is 0 Å². The van der Waals surface area contributed by atoms with Crippen molar-refractivity contribution >= 4 is 28.9 Å². The predicted octanol–water partition coefficient (Wildman–Crippen LogP) is 6.00. The Kier molecular flexibility index (Phi) is 8.42. The third-order valence-corrected chi connectivity index (χ3v) is 5.22. The van der Waals surface area contributed by atoms with Gasteiger partial charge in [-0.2, -0.15) is 0 Å². The third-order valence-electron chi connectivity index (χ3n) is 5.22. The number of benzene rings is 2. The molecule has 9 nitrogen and oxygen atoms in total. The van der Waals surface area contributed by atoms with Gasteiger partial charge in [-0.05, 0) is 77.4 Å². The fraction of sp³-hybridized carbons (Fsp3) is 0.393. The van der Waals surface area contributed by atoms with Gasteiger partial charge in [0.1, 0.15) is 28.7 Å². The number of carbonyl (C=O) groups is 3. The van der Waals surface area contributed by atoms with Crippen molar-refractivity contribution in [2.24, 2.45) is 0 Å². The molecule has 0 radical (unpaired) electrons. The average Bonchev–Trinajstić information content (AvgIpc) is 3.14. The minimum Gasteiger partial charge on any atom is -0.477 e. The van der Waals surface area contributed by atoms with Gasteiger partial charge >= 0.3 is 24.4 Å². The molecule has 3 aromatic rings. The summed E-state index contributed by atoms with van der Waals surface area (Å²) in [5, 5.41) is 12.7. The van der Waals surface area contributed by atoms with E-state index in [1.54, 1.807) is 65.8 Å². The summed E-state index contributed by atoms with van der Waals surface area (Å²) in [4.78, 5) is 37.5. The number of esters is 1. The summed E-state index contributed by atoms with van der Waals surface area (Å²) in [6, 6.07) is 10.1. The Morgan fingerprint density at radius 1 is 0.925 bits per heavy atom. The molecule has 0 aliphatic heterocycles. The summed E-state index contributed by atoms with van der Waals surface area (Å²) in [5.41, 5.74) is -0.901. The minimum atomic E-state index is -4.93. The lowest BCUT2D eigenvalue weighted by atomic mass is 10.0. The van der Waals surface area contributed by atoms with Gasteiger partial charge < -0.3 is 29.2 Å². The molecule has 3 rings (SSSR count). The van der Waals surface area contributed by atoms with Crippen LogP contribution in [0.25, 0.3) is 16.6 Å². The number of alkyl carbamates (subject to hydrolysis) is 1. The first-order chi connectivity index (χ1) is 18.3. The van der Waals surface area contributed by atoms with E-state index >= 15 is 0 Å². The zero-order valence-corrected chi connectivity index (χ0v) is 22.9. The lowest BCUT2D eigenvalue weighted by Crippen LogP contribution is -2.47. The maximum absolute atomic E-state index is 13.0. The van der Waals surface area contributed by atoms with Crippen molar-refractivity contribution in [3.63, 3.8) is 0 Å². The summed E-state index contributed by atoms with van der Waals surface area (Å²) in [6.45, 7) is 10.0. The van der Waals surface area contributed by atoms with Gasteiger partial charge in [-0.25, -0.2) is 14.4 Å². The van der Waals surface area contributed by atoms with Crippen molar-refractivity contribution in [3.05, 3.63) is 59.8 Å². The standard InChI is InChI=1S/C28H31F3N2O7/c1-26(2,3)39-24(36)20(32-25(37)40-27(4,5)6)13-16-8-7-9-18(12-16)33-21-15-19(38-28(29,30)31)11-10-17(21)14-22(33)23(34)35/h7-12,14-15,20H,13H2,1-6H3,(H,32,37)(H,34,35)/t20-/m1/s1. The molecule has 1 heterocycles. The van der Waals surface area contributed by atoms with E-state index in [1.807, 2.05) is 0 Å². The summed E-state index contributed by atoms with van der Waals surface area (Å²) in [6.07, 6.45) is -5.81. The Hall–Kier alpha value is -4.22. The van der Waals surface area contributed by atoms with Crippen molar-refractivity contribution in [2.75, 3.05) is 0 Å². The highest BCUT2D eigenvalue weighted by Gasteiger charge is 2.32. The molecular weight excluding hydrogens is 533 g/mol. The van der Waals surface area contributed by atoms with Crippen LogP contribution in [0.15, 0.2) is 48.5 Å². The van der Waals surface area contributed by atoms with Crippen LogP contribution in [0.4, 0.5) is 18.0 Å². The number of hydrogen-bond acceptors (Lipinski definition) is 6. The average molecular weight is 565 g/mol. The molecule has 0 aliphatic rings. The van der Waals surface area contributed by atoms with Crippen LogP contribution in [0, 0.1) is 0 Å². The quantitative estimate of drug-likeness (QED) is 0.338. The highest BCUT2D eigenvalue weighted by molar-refractivity contribution is 5.96. The summed E-state index contributed by atoms with van der Waals surface area (Å²) in [5.74, 6) is -2.53. The van der Waals surface area contributed by atoms with Crippen LogP contribution >= 0.6 is 0 Å². The van der Waals surface area contributed by atoms with Crippen molar-refractivity contribution in [2.45, 2.75) is 71.6 Å². The largest absolute Gasteiger partial charge is 0.573 e. The summed E-state index contributed by atoms with van der Waals surface area (Å²) < 4.78 is 54.5. The second-order valence-corrected chi connectivity index (χ2v) is 11.0. The van der Waals surface area contributed by atoms with E-state index < -0.39 is 47.4 Å². The number of carboxylic acids is 1. The molecule has 40 heavy (non-hydrogen) atoms. The molecule has 2 aromatic carbocycles. The molecule has 1 aromatic heterocycles. The molecule has 216 valence electrons. The highest BCUT2D eigenvalue weighted by Crippen LogP contribution is 2.31. The van der Waals surface area contributed by atoms with Crippen LogP contribution in [0.5, 0.6) is 5.75 Å². The maximum Gasteiger partial charge on any atom is 0.573 e. The minimum absolute atomic E-state index is 0.0496. The Morgan fingerprint density at radius 2 is 1.57 bits per heavy atom. The molecule has 0 spiro atoms. The van der Waals surface area contributed by atoms with E-state index in [-0.39, 0.29) is 17.6 Å².